The van der Waals surface area contributed by atoms with Gasteiger partial charge in [-0.05, 0) is 13.8 Å². The Morgan fingerprint density at radius 3 is 2.00 bits per heavy atom. The van der Waals surface area contributed by atoms with Crippen LogP contribution in [0.2, 0.25) is 0 Å². The third kappa shape index (κ3) is 8.74. The van der Waals surface area contributed by atoms with Crippen molar-refractivity contribution in [2.45, 2.75) is 19.4 Å². The molecule has 0 aliphatic rings. The Balaban J connectivity index is 0. The van der Waals surface area contributed by atoms with Gasteiger partial charge in [-0.15, -0.1) is 0 Å². The van der Waals surface area contributed by atoms with Crippen molar-refractivity contribution in [2.24, 2.45) is 0 Å². The smallest absolute Gasteiger partial charge is 0.735 e. The molecule has 0 heterocycles. The van der Waals surface area contributed by atoms with Gasteiger partial charge in [0, 0.05) is 5.54 Å². The second-order valence-electron chi connectivity index (χ2n) is 2.60. The van der Waals surface area contributed by atoms with Crippen molar-refractivity contribution < 1.29 is 47.6 Å². The first-order valence-corrected chi connectivity index (χ1v) is 4.03. The summed E-state index contributed by atoms with van der Waals surface area (Å²) in [6, 6.07) is 0. The van der Waals surface area contributed by atoms with Crippen LogP contribution in [0.1, 0.15) is 13.8 Å². The quantitative estimate of drug-likeness (QED) is 0.350. The summed E-state index contributed by atoms with van der Waals surface area (Å²) in [4.78, 5) is 0. The third-order valence-electron chi connectivity index (χ3n) is 0.797. The normalized spacial score (nSPS) is 12.4. The molecule has 0 aromatic heterocycles. The zero-order chi connectivity index (χ0) is 8.41. The molecule has 0 fully saturated rings. The minimum absolute atomic E-state index is 0. The Kier molecular flexibility index (Phi) is 6.21. The first-order chi connectivity index (χ1) is 4.27. The summed E-state index contributed by atoms with van der Waals surface area (Å²) < 4.78 is 31.8. The maximum atomic E-state index is 10.0. The number of hydrogen-bond acceptors (Lipinski definition) is 4. The molecule has 0 amide bonds. The predicted octanol–water partition coefficient (Wildman–Crippen LogP) is -4.19. The van der Waals surface area contributed by atoms with E-state index >= 15 is 0 Å². The van der Waals surface area contributed by atoms with Crippen LogP contribution < -0.4 is 34.3 Å². The van der Waals surface area contributed by atoms with Crippen LogP contribution in [0, 0.1) is 0 Å². The fourth-order valence-corrected chi connectivity index (χ4v) is 1.11. The standard InChI is InChI=1S/C4H11NO4S.Na/c1-4(2,3-6)5-10(7,8)9;/h5-6H,3H2,1-2H3,(H,7,8,9);/q;+1/p-1. The van der Waals surface area contributed by atoms with Crippen molar-refractivity contribution >= 4 is 10.3 Å². The van der Waals surface area contributed by atoms with Gasteiger partial charge in [0.25, 0.3) is 0 Å². The van der Waals surface area contributed by atoms with Crippen LogP contribution in [0.5, 0.6) is 0 Å². The summed E-state index contributed by atoms with van der Waals surface area (Å²) in [5.41, 5.74) is -1.07. The van der Waals surface area contributed by atoms with Gasteiger partial charge in [0.05, 0.1) is 6.61 Å². The molecule has 0 radical (unpaired) electrons. The zero-order valence-corrected chi connectivity index (χ0v) is 9.60. The predicted molar refractivity (Wildman–Crippen MR) is 34.0 cm³/mol. The summed E-state index contributed by atoms with van der Waals surface area (Å²) in [5, 5.41) is 8.49. The van der Waals surface area contributed by atoms with Gasteiger partial charge in [0.2, 0.25) is 0 Å². The average Bonchev–Trinajstić information content (AvgIpc) is 1.60. The van der Waals surface area contributed by atoms with E-state index in [0.29, 0.717) is 0 Å². The van der Waals surface area contributed by atoms with Gasteiger partial charge < -0.3 is 9.66 Å². The molecule has 0 rings (SSSR count). The van der Waals surface area contributed by atoms with Crippen LogP contribution in [0.3, 0.4) is 0 Å². The van der Waals surface area contributed by atoms with Crippen LogP contribution >= 0.6 is 0 Å². The molecule has 5 nitrogen and oxygen atoms in total. The summed E-state index contributed by atoms with van der Waals surface area (Å²) in [7, 11) is -4.45. The van der Waals surface area contributed by atoms with E-state index < -0.39 is 22.4 Å². The summed E-state index contributed by atoms with van der Waals surface area (Å²) in [6.45, 7) is 2.40. The van der Waals surface area contributed by atoms with E-state index in [4.69, 9.17) is 5.11 Å². The van der Waals surface area contributed by atoms with E-state index in [0.717, 1.165) is 0 Å². The first kappa shape index (κ1) is 14.4. The van der Waals surface area contributed by atoms with Crippen molar-refractivity contribution in [3.8, 4) is 0 Å². The van der Waals surface area contributed by atoms with E-state index in [-0.39, 0.29) is 29.6 Å². The second kappa shape index (κ2) is 4.76. The molecule has 0 saturated carbocycles. The Bertz CT molecular complexity index is 200. The largest absolute Gasteiger partial charge is 1.00 e. The van der Waals surface area contributed by atoms with Crippen molar-refractivity contribution in [2.75, 3.05) is 6.61 Å². The van der Waals surface area contributed by atoms with Gasteiger partial charge in [-0.25, -0.2) is 13.1 Å². The molecule has 0 unspecified atom stereocenters. The van der Waals surface area contributed by atoms with Crippen molar-refractivity contribution in [1.82, 2.24) is 4.72 Å². The minimum Gasteiger partial charge on any atom is -0.735 e. The number of rotatable bonds is 3. The third-order valence-corrected chi connectivity index (χ3v) is 1.60. The molecule has 7 heteroatoms. The topological polar surface area (TPSA) is 89.5 Å². The van der Waals surface area contributed by atoms with Crippen molar-refractivity contribution in [1.29, 1.82) is 0 Å². The van der Waals surface area contributed by atoms with Gasteiger partial charge in [0.15, 0.2) is 10.3 Å². The molecule has 62 valence electrons. The van der Waals surface area contributed by atoms with E-state index in [1.165, 1.54) is 13.8 Å². The minimum atomic E-state index is -4.45. The Hall–Kier alpha value is 0.830. The van der Waals surface area contributed by atoms with Crippen molar-refractivity contribution in [3.05, 3.63) is 0 Å². The van der Waals surface area contributed by atoms with E-state index in [9.17, 15) is 13.0 Å². The maximum absolute atomic E-state index is 10.0. The summed E-state index contributed by atoms with van der Waals surface area (Å²) in [6.07, 6.45) is 0. The molecule has 0 aromatic rings. The molecule has 0 spiro atoms. The zero-order valence-electron chi connectivity index (χ0n) is 6.79. The molecular weight excluding hydrogens is 181 g/mol. The molecular formula is C4H10NNaO4S. The molecule has 0 bridgehead atoms. The summed E-state index contributed by atoms with van der Waals surface area (Å²) >= 11 is 0. The van der Waals surface area contributed by atoms with Crippen LogP contribution in [0.4, 0.5) is 0 Å². The van der Waals surface area contributed by atoms with Gasteiger partial charge in [-0.3, -0.25) is 0 Å². The molecule has 0 atom stereocenters. The maximum Gasteiger partial charge on any atom is 1.00 e. The van der Waals surface area contributed by atoms with Gasteiger partial charge in [-0.1, -0.05) is 0 Å². The monoisotopic (exact) mass is 191 g/mol. The molecule has 0 aliphatic carbocycles. The SMILES string of the molecule is CC(C)(CO)NS(=O)(=O)[O-].[Na+]. The molecule has 0 aliphatic heterocycles. The fraction of sp³-hybridized carbons (Fsp3) is 1.00. The number of nitrogens with one attached hydrogen (secondary N) is 1. The fourth-order valence-electron chi connectivity index (χ4n) is 0.371. The first-order valence-electron chi connectivity index (χ1n) is 2.62. The number of aliphatic hydroxyl groups excluding tert-OH is 1. The number of aliphatic hydroxyl groups is 1. The summed E-state index contributed by atoms with van der Waals surface area (Å²) in [5.74, 6) is 0. The Morgan fingerprint density at radius 1 is 1.55 bits per heavy atom. The van der Waals surface area contributed by atoms with Gasteiger partial charge in [-0.2, -0.15) is 0 Å². The second-order valence-corrected chi connectivity index (χ2v) is 3.71. The van der Waals surface area contributed by atoms with Crippen LogP contribution in [-0.4, -0.2) is 30.2 Å². The van der Waals surface area contributed by atoms with E-state index in [2.05, 4.69) is 0 Å². The van der Waals surface area contributed by atoms with Crippen molar-refractivity contribution in [3.63, 3.8) is 0 Å². The Morgan fingerprint density at radius 2 is 1.91 bits per heavy atom. The van der Waals surface area contributed by atoms with Gasteiger partial charge in [0.1, 0.15) is 0 Å². The van der Waals surface area contributed by atoms with Crippen LogP contribution in [0.25, 0.3) is 0 Å². The van der Waals surface area contributed by atoms with E-state index in [1.807, 2.05) is 0 Å². The Labute approximate surface area is 88.4 Å². The van der Waals surface area contributed by atoms with Gasteiger partial charge >= 0.3 is 29.6 Å². The molecule has 2 N–H and O–H groups in total. The van der Waals surface area contributed by atoms with Crippen LogP contribution in [0.15, 0.2) is 0 Å². The van der Waals surface area contributed by atoms with E-state index in [1.54, 1.807) is 4.72 Å². The molecule has 11 heavy (non-hydrogen) atoms. The van der Waals surface area contributed by atoms with Crippen LogP contribution in [-0.2, 0) is 10.3 Å². The molecule has 0 aromatic carbocycles. The average molecular weight is 191 g/mol. The number of hydrogen-bond donors (Lipinski definition) is 2. The molecule has 0 saturated heterocycles.